The number of nitrogens with one attached hydrogen (secondary N) is 1. The maximum Gasteiger partial charge on any atom is 0.329 e. The lowest BCUT2D eigenvalue weighted by atomic mass is 9.92. The highest BCUT2D eigenvalue weighted by atomic mass is 16.6. The maximum absolute atomic E-state index is 12.0. The van der Waals surface area contributed by atoms with E-state index in [0.29, 0.717) is 0 Å². The fourth-order valence-electron chi connectivity index (χ4n) is 1.62. The molecule has 2 N–H and O–H groups in total. The van der Waals surface area contributed by atoms with E-state index >= 15 is 0 Å². The van der Waals surface area contributed by atoms with Gasteiger partial charge in [0.2, 0.25) is 5.91 Å². The van der Waals surface area contributed by atoms with E-state index in [-0.39, 0.29) is 30.6 Å². The van der Waals surface area contributed by atoms with Gasteiger partial charge in [0.05, 0.1) is 0 Å². The van der Waals surface area contributed by atoms with Crippen LogP contribution in [0.3, 0.4) is 0 Å². The van der Waals surface area contributed by atoms with Gasteiger partial charge in [0.15, 0.2) is 0 Å². The first kappa shape index (κ1) is 19.4. The monoisotopic (exact) mass is 301 g/mol. The number of rotatable bonds is 6. The Morgan fingerprint density at radius 3 is 2.00 bits per heavy atom. The highest BCUT2D eigenvalue weighted by Gasteiger charge is 2.28. The van der Waals surface area contributed by atoms with Gasteiger partial charge in [-0.3, -0.25) is 9.59 Å². The van der Waals surface area contributed by atoms with Crippen LogP contribution in [0.25, 0.3) is 0 Å². The van der Waals surface area contributed by atoms with Crippen LogP contribution in [0.2, 0.25) is 0 Å². The molecule has 0 unspecified atom stereocenters. The third kappa shape index (κ3) is 10.8. The molecule has 6 nitrogen and oxygen atoms in total. The molecule has 0 fully saturated rings. The Balaban J connectivity index is 4.77. The first-order chi connectivity index (χ1) is 9.30. The highest BCUT2D eigenvalue weighted by Crippen LogP contribution is 2.18. The summed E-state index contributed by atoms with van der Waals surface area (Å²) in [6, 6.07) is -0.935. The number of hydrogen-bond donors (Lipinski definition) is 2. The van der Waals surface area contributed by atoms with Crippen molar-refractivity contribution >= 4 is 17.8 Å². The summed E-state index contributed by atoms with van der Waals surface area (Å²) in [4.78, 5) is 34.6. The fourth-order valence-corrected chi connectivity index (χ4v) is 1.62. The number of carboxylic acids is 1. The van der Waals surface area contributed by atoms with Crippen molar-refractivity contribution in [2.75, 3.05) is 0 Å². The van der Waals surface area contributed by atoms with Crippen LogP contribution in [0.5, 0.6) is 0 Å². The first-order valence-corrected chi connectivity index (χ1v) is 7.04. The van der Waals surface area contributed by atoms with E-state index in [1.54, 1.807) is 20.8 Å². The predicted molar refractivity (Wildman–Crippen MR) is 78.7 cm³/mol. The minimum Gasteiger partial charge on any atom is -0.481 e. The Morgan fingerprint density at radius 2 is 1.62 bits per heavy atom. The number of ether oxygens (including phenoxy) is 1. The molecule has 0 aliphatic heterocycles. The predicted octanol–water partition coefficient (Wildman–Crippen LogP) is 2.11. The van der Waals surface area contributed by atoms with Crippen LogP contribution in [0, 0.1) is 5.41 Å². The Kier molecular flexibility index (Phi) is 6.86. The lowest BCUT2D eigenvalue weighted by molar-refractivity contribution is -0.159. The van der Waals surface area contributed by atoms with Gasteiger partial charge < -0.3 is 15.2 Å². The van der Waals surface area contributed by atoms with Gasteiger partial charge in [0.25, 0.3) is 0 Å². The van der Waals surface area contributed by atoms with Gasteiger partial charge in [-0.1, -0.05) is 20.8 Å². The van der Waals surface area contributed by atoms with Crippen LogP contribution < -0.4 is 5.32 Å². The third-order valence-electron chi connectivity index (χ3n) is 2.36. The SMILES string of the molecule is CC(C)(C)CC(=O)N[C@@H](CCC(=O)O)C(=O)OC(C)(C)C. The topological polar surface area (TPSA) is 92.7 Å². The minimum atomic E-state index is -1.02. The number of aliphatic carboxylic acids is 1. The molecule has 0 spiro atoms. The number of carboxylic acid groups (broad SMARTS) is 1. The van der Waals surface area contributed by atoms with Crippen LogP contribution in [-0.4, -0.2) is 34.6 Å². The highest BCUT2D eigenvalue weighted by molar-refractivity contribution is 5.85. The van der Waals surface area contributed by atoms with E-state index in [1.807, 2.05) is 20.8 Å². The van der Waals surface area contributed by atoms with Crippen molar-refractivity contribution in [2.45, 2.75) is 72.4 Å². The van der Waals surface area contributed by atoms with Crippen LogP contribution >= 0.6 is 0 Å². The molecular formula is C15H27NO5. The van der Waals surface area contributed by atoms with E-state index in [9.17, 15) is 14.4 Å². The van der Waals surface area contributed by atoms with Gasteiger partial charge in [-0.25, -0.2) is 4.79 Å². The summed E-state index contributed by atoms with van der Waals surface area (Å²) in [5.41, 5.74) is -0.900. The number of esters is 1. The zero-order valence-corrected chi connectivity index (χ0v) is 13.8. The van der Waals surface area contributed by atoms with E-state index in [4.69, 9.17) is 9.84 Å². The quantitative estimate of drug-likeness (QED) is 0.733. The third-order valence-corrected chi connectivity index (χ3v) is 2.36. The molecule has 0 rings (SSSR count). The van der Waals surface area contributed by atoms with Crippen molar-refractivity contribution in [3.8, 4) is 0 Å². The van der Waals surface area contributed by atoms with Crippen LogP contribution in [0.15, 0.2) is 0 Å². The van der Waals surface area contributed by atoms with E-state index < -0.39 is 23.6 Å². The van der Waals surface area contributed by atoms with E-state index in [1.165, 1.54) is 0 Å². The lowest BCUT2D eigenvalue weighted by Crippen LogP contribution is -2.45. The maximum atomic E-state index is 12.0. The summed E-state index contributed by atoms with van der Waals surface area (Å²) in [7, 11) is 0. The summed E-state index contributed by atoms with van der Waals surface area (Å²) >= 11 is 0. The second-order valence-corrected chi connectivity index (χ2v) is 7.32. The van der Waals surface area contributed by atoms with Crippen molar-refractivity contribution in [3.05, 3.63) is 0 Å². The Hall–Kier alpha value is -1.59. The van der Waals surface area contributed by atoms with Crippen LogP contribution in [0.4, 0.5) is 0 Å². The van der Waals surface area contributed by atoms with E-state index in [0.717, 1.165) is 0 Å². The lowest BCUT2D eigenvalue weighted by Gasteiger charge is -2.25. The minimum absolute atomic E-state index is 0.0140. The van der Waals surface area contributed by atoms with Crippen molar-refractivity contribution < 1.29 is 24.2 Å². The van der Waals surface area contributed by atoms with E-state index in [2.05, 4.69) is 5.32 Å². The largest absolute Gasteiger partial charge is 0.481 e. The van der Waals surface area contributed by atoms with Gasteiger partial charge in [0.1, 0.15) is 11.6 Å². The molecule has 21 heavy (non-hydrogen) atoms. The van der Waals surface area contributed by atoms with Crippen molar-refractivity contribution in [2.24, 2.45) is 5.41 Å². The summed E-state index contributed by atoms with van der Waals surface area (Å²) in [6.45, 7) is 10.9. The summed E-state index contributed by atoms with van der Waals surface area (Å²) in [6.07, 6.45) is 0.0548. The molecule has 0 saturated carbocycles. The zero-order chi connectivity index (χ0) is 16.8. The summed E-state index contributed by atoms with van der Waals surface area (Å²) < 4.78 is 5.22. The summed E-state index contributed by atoms with van der Waals surface area (Å²) in [5, 5.41) is 11.3. The molecule has 1 amide bonds. The number of amides is 1. The van der Waals surface area contributed by atoms with Crippen molar-refractivity contribution in [1.29, 1.82) is 0 Å². The van der Waals surface area contributed by atoms with Crippen LogP contribution in [0.1, 0.15) is 60.8 Å². The molecule has 0 aliphatic rings. The Bertz CT molecular complexity index is 390. The second kappa shape index (κ2) is 7.43. The van der Waals surface area contributed by atoms with Crippen molar-refractivity contribution in [1.82, 2.24) is 5.32 Å². The molecule has 0 radical (unpaired) electrons. The molecule has 0 aliphatic carbocycles. The first-order valence-electron chi connectivity index (χ1n) is 7.04. The molecular weight excluding hydrogens is 274 g/mol. The van der Waals surface area contributed by atoms with Gasteiger partial charge in [-0.05, 0) is 32.6 Å². The number of carbonyl (C=O) groups excluding carboxylic acids is 2. The molecule has 0 aromatic heterocycles. The Morgan fingerprint density at radius 1 is 1.10 bits per heavy atom. The fraction of sp³-hybridized carbons (Fsp3) is 0.800. The number of hydrogen-bond acceptors (Lipinski definition) is 4. The standard InChI is InChI=1S/C15H27NO5/c1-14(2,3)9-11(17)16-10(7-8-12(18)19)13(20)21-15(4,5)6/h10H,7-9H2,1-6H3,(H,16,17)(H,18,19)/t10-/m0/s1. The molecule has 122 valence electrons. The smallest absolute Gasteiger partial charge is 0.329 e. The molecule has 0 aromatic carbocycles. The van der Waals surface area contributed by atoms with Crippen molar-refractivity contribution in [3.63, 3.8) is 0 Å². The molecule has 0 heterocycles. The van der Waals surface area contributed by atoms with Gasteiger partial charge in [-0.2, -0.15) is 0 Å². The van der Waals surface area contributed by atoms with Gasteiger partial charge in [-0.15, -0.1) is 0 Å². The Labute approximate surface area is 126 Å². The average Bonchev–Trinajstić information content (AvgIpc) is 2.18. The molecule has 6 heteroatoms. The molecule has 1 atom stereocenters. The number of carbonyl (C=O) groups is 3. The molecule has 0 saturated heterocycles. The van der Waals surface area contributed by atoms with Gasteiger partial charge >= 0.3 is 11.9 Å². The normalized spacial score (nSPS) is 13.4. The van der Waals surface area contributed by atoms with Crippen LogP contribution in [-0.2, 0) is 19.1 Å². The second-order valence-electron chi connectivity index (χ2n) is 7.32. The zero-order valence-electron chi connectivity index (χ0n) is 13.8. The molecule has 0 aromatic rings. The summed E-state index contributed by atoms with van der Waals surface area (Å²) in [5.74, 6) is -1.91. The molecule has 0 bridgehead atoms. The average molecular weight is 301 g/mol. The van der Waals surface area contributed by atoms with Gasteiger partial charge in [0, 0.05) is 12.8 Å².